The molecule has 2 aromatic carbocycles. The third-order valence-electron chi connectivity index (χ3n) is 6.35. The molecule has 2 amide bonds. The number of piperidine rings is 1. The number of carbonyl (C=O) groups is 2. The lowest BCUT2D eigenvalue weighted by Crippen LogP contribution is -2.39. The molecule has 34 heavy (non-hydrogen) atoms. The molecule has 0 atom stereocenters. The Hall–Kier alpha value is -2.78. The maximum Gasteiger partial charge on any atom is 0.256 e. The van der Waals surface area contributed by atoms with Gasteiger partial charge in [0, 0.05) is 54.9 Å². The number of ether oxygens (including phenoxy) is 1. The fourth-order valence-electron chi connectivity index (χ4n) is 4.40. The van der Waals surface area contributed by atoms with Gasteiger partial charge in [-0.3, -0.25) is 14.3 Å². The number of hydrogen-bond donors (Lipinski definition) is 1. The number of methoxy groups -OCH3 is 1. The number of halogens is 2. The van der Waals surface area contributed by atoms with E-state index in [4.69, 9.17) is 9.84 Å². The van der Waals surface area contributed by atoms with E-state index in [0.29, 0.717) is 42.2 Å². The standard InChI is InChI=1S/C25H28BrFN4O3/c1-16-19(24(32)28-9-12-34-2)5-6-23-21(16)15-31(29-23)14-17-7-10-30(11-8-17)25(33)20-4-3-18(26)13-22(20)27/h3-6,13,15,17H,7-12,14H2,1-2H3,(H,28,32). The Bertz CT molecular complexity index is 1200. The van der Waals surface area contributed by atoms with Gasteiger partial charge in [-0.25, -0.2) is 4.39 Å². The number of hydrogen-bond acceptors (Lipinski definition) is 4. The van der Waals surface area contributed by atoms with Gasteiger partial charge in [-0.2, -0.15) is 5.10 Å². The lowest BCUT2D eigenvalue weighted by atomic mass is 9.96. The number of fused-ring (bicyclic) bond motifs is 1. The summed E-state index contributed by atoms with van der Waals surface area (Å²) in [7, 11) is 1.60. The Morgan fingerprint density at radius 2 is 1.94 bits per heavy atom. The van der Waals surface area contributed by atoms with Crippen LogP contribution in [0.4, 0.5) is 4.39 Å². The van der Waals surface area contributed by atoms with Crippen LogP contribution in [0.25, 0.3) is 10.9 Å². The molecule has 4 rings (SSSR count). The number of amides is 2. The van der Waals surface area contributed by atoms with Crippen molar-refractivity contribution in [2.24, 2.45) is 5.92 Å². The van der Waals surface area contributed by atoms with Crippen molar-refractivity contribution in [1.82, 2.24) is 20.0 Å². The van der Waals surface area contributed by atoms with Crippen molar-refractivity contribution in [3.8, 4) is 0 Å². The van der Waals surface area contributed by atoms with Gasteiger partial charge in [0.25, 0.3) is 11.8 Å². The van der Waals surface area contributed by atoms with Crippen molar-refractivity contribution < 1.29 is 18.7 Å². The number of benzene rings is 2. The number of likely N-dealkylation sites (tertiary alicyclic amines) is 1. The summed E-state index contributed by atoms with van der Waals surface area (Å²) in [6.45, 7) is 4.77. The van der Waals surface area contributed by atoms with E-state index < -0.39 is 5.82 Å². The van der Waals surface area contributed by atoms with Gasteiger partial charge in [0.1, 0.15) is 5.82 Å². The number of aromatic nitrogens is 2. The van der Waals surface area contributed by atoms with Crippen LogP contribution in [0.3, 0.4) is 0 Å². The summed E-state index contributed by atoms with van der Waals surface area (Å²) < 4.78 is 21.7. The first-order valence-corrected chi connectivity index (χ1v) is 12.1. The summed E-state index contributed by atoms with van der Waals surface area (Å²) in [6, 6.07) is 8.21. The second kappa shape index (κ2) is 10.7. The minimum Gasteiger partial charge on any atom is -0.383 e. The van der Waals surface area contributed by atoms with Crippen molar-refractivity contribution in [3.63, 3.8) is 0 Å². The fourth-order valence-corrected chi connectivity index (χ4v) is 4.73. The molecule has 9 heteroatoms. The molecule has 1 fully saturated rings. The van der Waals surface area contributed by atoms with Crippen LogP contribution in [0.1, 0.15) is 39.1 Å². The summed E-state index contributed by atoms with van der Waals surface area (Å²) in [5.74, 6) is -0.527. The first kappa shape index (κ1) is 24.3. The Balaban J connectivity index is 1.38. The lowest BCUT2D eigenvalue weighted by molar-refractivity contribution is 0.0676. The van der Waals surface area contributed by atoms with E-state index in [1.807, 2.05) is 29.9 Å². The zero-order valence-electron chi connectivity index (χ0n) is 19.3. The first-order chi connectivity index (χ1) is 16.4. The second-order valence-corrected chi connectivity index (χ2v) is 9.55. The van der Waals surface area contributed by atoms with Crippen LogP contribution in [0, 0.1) is 18.7 Å². The molecule has 0 radical (unpaired) electrons. The van der Waals surface area contributed by atoms with Crippen LogP contribution in [0.15, 0.2) is 41.0 Å². The van der Waals surface area contributed by atoms with Crippen LogP contribution < -0.4 is 5.32 Å². The minimum absolute atomic E-state index is 0.109. The van der Waals surface area contributed by atoms with Gasteiger partial charge < -0.3 is 15.0 Å². The van der Waals surface area contributed by atoms with E-state index in [9.17, 15) is 14.0 Å². The largest absolute Gasteiger partial charge is 0.383 e. The first-order valence-electron chi connectivity index (χ1n) is 11.4. The van der Waals surface area contributed by atoms with E-state index in [-0.39, 0.29) is 17.4 Å². The molecule has 0 spiro atoms. The highest BCUT2D eigenvalue weighted by Crippen LogP contribution is 2.25. The summed E-state index contributed by atoms with van der Waals surface area (Å²) in [6.07, 6.45) is 3.64. The van der Waals surface area contributed by atoms with E-state index in [0.717, 1.165) is 35.9 Å². The maximum atomic E-state index is 14.2. The van der Waals surface area contributed by atoms with E-state index >= 15 is 0 Å². The van der Waals surface area contributed by atoms with Gasteiger partial charge >= 0.3 is 0 Å². The molecule has 0 saturated carbocycles. The predicted octanol–water partition coefficient (Wildman–Crippen LogP) is 4.17. The number of aryl methyl sites for hydroxylation is 1. The van der Waals surface area contributed by atoms with E-state index in [2.05, 4.69) is 21.2 Å². The average molecular weight is 531 g/mol. The number of nitrogens with zero attached hydrogens (tertiary/aromatic N) is 3. The highest BCUT2D eigenvalue weighted by Gasteiger charge is 2.26. The highest BCUT2D eigenvalue weighted by molar-refractivity contribution is 9.10. The van der Waals surface area contributed by atoms with Crippen molar-refractivity contribution >= 4 is 38.6 Å². The molecular weight excluding hydrogens is 503 g/mol. The molecule has 3 aromatic rings. The quantitative estimate of drug-likeness (QED) is 0.465. The highest BCUT2D eigenvalue weighted by atomic mass is 79.9. The summed E-state index contributed by atoms with van der Waals surface area (Å²) in [4.78, 5) is 26.9. The number of rotatable bonds is 7. The Morgan fingerprint density at radius 1 is 1.21 bits per heavy atom. The molecule has 1 aromatic heterocycles. The molecule has 1 saturated heterocycles. The molecule has 7 nitrogen and oxygen atoms in total. The van der Waals surface area contributed by atoms with Gasteiger partial charge in [0.15, 0.2) is 0 Å². The van der Waals surface area contributed by atoms with Gasteiger partial charge in [-0.1, -0.05) is 15.9 Å². The van der Waals surface area contributed by atoms with Gasteiger partial charge in [0.2, 0.25) is 0 Å². The third-order valence-corrected chi connectivity index (χ3v) is 6.84. The molecule has 1 N–H and O–H groups in total. The molecular formula is C25H28BrFN4O3. The average Bonchev–Trinajstić information content (AvgIpc) is 3.23. The number of carbonyl (C=O) groups excluding carboxylic acids is 2. The molecule has 0 unspecified atom stereocenters. The van der Waals surface area contributed by atoms with Gasteiger partial charge in [0.05, 0.1) is 17.7 Å². The fraction of sp³-hybridized carbons (Fsp3) is 0.400. The molecule has 180 valence electrons. The van der Waals surface area contributed by atoms with Gasteiger partial charge in [-0.05, 0) is 61.6 Å². The zero-order valence-corrected chi connectivity index (χ0v) is 20.9. The second-order valence-electron chi connectivity index (χ2n) is 8.63. The summed E-state index contributed by atoms with van der Waals surface area (Å²) in [5.41, 5.74) is 2.49. The monoisotopic (exact) mass is 530 g/mol. The Labute approximate surface area is 206 Å². The smallest absolute Gasteiger partial charge is 0.256 e. The SMILES string of the molecule is COCCNC(=O)c1ccc2nn(CC3CCN(C(=O)c4ccc(Br)cc4F)CC3)cc2c1C. The molecule has 0 bridgehead atoms. The zero-order chi connectivity index (χ0) is 24.2. The van der Waals surface area contributed by atoms with E-state index in [1.54, 1.807) is 18.1 Å². The van der Waals surface area contributed by atoms with E-state index in [1.165, 1.54) is 12.1 Å². The van der Waals surface area contributed by atoms with Crippen LogP contribution in [0.5, 0.6) is 0 Å². The van der Waals surface area contributed by atoms with Crippen LogP contribution >= 0.6 is 15.9 Å². The molecule has 2 heterocycles. The Morgan fingerprint density at radius 3 is 2.65 bits per heavy atom. The third kappa shape index (κ3) is 5.31. The van der Waals surface area contributed by atoms with Crippen LogP contribution in [0.2, 0.25) is 0 Å². The Kier molecular flexibility index (Phi) is 7.63. The van der Waals surface area contributed by atoms with Crippen molar-refractivity contribution in [2.45, 2.75) is 26.3 Å². The van der Waals surface area contributed by atoms with Crippen LogP contribution in [-0.2, 0) is 11.3 Å². The van der Waals surface area contributed by atoms with Crippen LogP contribution in [-0.4, -0.2) is 59.8 Å². The van der Waals surface area contributed by atoms with Crippen molar-refractivity contribution in [3.05, 3.63) is 63.5 Å². The summed E-state index contributed by atoms with van der Waals surface area (Å²) >= 11 is 3.22. The normalized spacial score (nSPS) is 14.5. The topological polar surface area (TPSA) is 76.5 Å². The molecule has 0 aliphatic carbocycles. The number of nitrogens with one attached hydrogen (secondary N) is 1. The van der Waals surface area contributed by atoms with Crippen molar-refractivity contribution in [2.75, 3.05) is 33.4 Å². The predicted molar refractivity (Wildman–Crippen MR) is 131 cm³/mol. The van der Waals surface area contributed by atoms with Crippen molar-refractivity contribution in [1.29, 1.82) is 0 Å². The maximum absolute atomic E-state index is 14.2. The summed E-state index contributed by atoms with van der Waals surface area (Å²) in [5, 5.41) is 8.51. The van der Waals surface area contributed by atoms with Gasteiger partial charge in [-0.15, -0.1) is 0 Å². The minimum atomic E-state index is -0.508. The molecule has 1 aliphatic heterocycles. The molecule has 1 aliphatic rings. The lowest BCUT2D eigenvalue weighted by Gasteiger charge is -2.32.